The van der Waals surface area contributed by atoms with Gasteiger partial charge in [0, 0.05) is 45.2 Å². The molecule has 1 saturated heterocycles. The topological polar surface area (TPSA) is 225 Å². The molecule has 0 radical (unpaired) electrons. The summed E-state index contributed by atoms with van der Waals surface area (Å²) in [6, 6.07) is 14.3. The lowest BCUT2D eigenvalue weighted by Gasteiger charge is -2.67. The van der Waals surface area contributed by atoms with Crippen LogP contribution in [0.5, 0.6) is 0 Å². The highest BCUT2D eigenvalue weighted by atomic mass is 16.6. The number of benzene rings is 2. The second kappa shape index (κ2) is 17.0. The molecule has 3 aliphatic carbocycles. The maximum atomic E-state index is 15.5. The highest BCUT2D eigenvalue weighted by Crippen LogP contribution is 2.64. The molecular formula is C45H56N2O14. The number of hydrogen-bond acceptors (Lipinski definition) is 14. The molecule has 2 aromatic carbocycles. The van der Waals surface area contributed by atoms with Crippen molar-refractivity contribution in [3.05, 3.63) is 82.9 Å². The summed E-state index contributed by atoms with van der Waals surface area (Å²) in [7, 11) is 0. The molecule has 2 amide bonds. The maximum absolute atomic E-state index is 15.5. The van der Waals surface area contributed by atoms with E-state index in [0.29, 0.717) is 18.7 Å². The number of rotatable bonds is 11. The number of ether oxygens (including phenoxy) is 5. The van der Waals surface area contributed by atoms with Gasteiger partial charge in [0.1, 0.15) is 23.9 Å². The Balaban J connectivity index is 1.54. The van der Waals surface area contributed by atoms with Crippen molar-refractivity contribution in [3.8, 4) is 0 Å². The number of fused-ring (bicyclic) bond motifs is 5. The van der Waals surface area contributed by atoms with Crippen LogP contribution in [0.15, 0.2) is 71.8 Å². The number of nitrogens with zero attached hydrogens (tertiary/aromatic N) is 1. The first-order valence-corrected chi connectivity index (χ1v) is 20.6. The highest BCUT2D eigenvalue weighted by molar-refractivity contribution is 5.95. The van der Waals surface area contributed by atoms with Crippen LogP contribution < -0.4 is 5.32 Å². The molecule has 1 aliphatic heterocycles. The van der Waals surface area contributed by atoms with Crippen molar-refractivity contribution < 1.29 is 67.8 Å². The van der Waals surface area contributed by atoms with E-state index in [1.54, 1.807) is 76.2 Å². The van der Waals surface area contributed by atoms with Gasteiger partial charge in [-0.3, -0.25) is 14.4 Å². The fourth-order valence-corrected chi connectivity index (χ4v) is 10.1. The van der Waals surface area contributed by atoms with Crippen LogP contribution in [0, 0.1) is 16.7 Å². The number of aliphatic hydroxyl groups is 3. The van der Waals surface area contributed by atoms with Crippen molar-refractivity contribution >= 4 is 35.7 Å². The first kappa shape index (κ1) is 45.4. The van der Waals surface area contributed by atoms with Crippen LogP contribution in [-0.2, 0) is 42.9 Å². The van der Waals surface area contributed by atoms with E-state index in [1.165, 1.54) is 30.9 Å². The van der Waals surface area contributed by atoms with E-state index in [4.69, 9.17) is 23.7 Å². The van der Waals surface area contributed by atoms with Crippen molar-refractivity contribution in [2.45, 2.75) is 122 Å². The number of aliphatic hydroxyl groups excluding tert-OH is 2. The summed E-state index contributed by atoms with van der Waals surface area (Å²) in [4.78, 5) is 84.7. The number of ketones is 1. The molecule has 0 spiro atoms. The minimum Gasteiger partial charge on any atom is -0.456 e. The summed E-state index contributed by atoms with van der Waals surface area (Å²) in [5.74, 6) is -6.21. The number of nitrogens with one attached hydrogen (secondary N) is 1. The minimum atomic E-state index is -2.38. The van der Waals surface area contributed by atoms with Crippen LogP contribution in [0.3, 0.4) is 0 Å². The van der Waals surface area contributed by atoms with Crippen LogP contribution in [0.1, 0.15) is 90.2 Å². The molecule has 61 heavy (non-hydrogen) atoms. The molecule has 3 fully saturated rings. The zero-order valence-electron chi connectivity index (χ0n) is 35.7. The SMILES string of the molecule is CCN(CC)C(=O)NC(c1ccccc1)C(O)C(=O)OC1CC2(O)C(OC(=O)c3ccccc3)C3[C@]4(OC(C)=O)COC4CC(O)[C@@]3(C)C(=O)C(OC(C)=O)C(=C1C)C2(C)C. The largest absolute Gasteiger partial charge is 0.456 e. The number of carbonyl (C=O) groups excluding carboxylic acids is 6. The van der Waals surface area contributed by atoms with Gasteiger partial charge in [-0.05, 0) is 56.5 Å². The molecule has 4 N–H and O–H groups in total. The lowest BCUT2D eigenvalue weighted by atomic mass is 9.44. The van der Waals surface area contributed by atoms with Gasteiger partial charge in [-0.15, -0.1) is 0 Å². The first-order chi connectivity index (χ1) is 28.7. The third-order valence-corrected chi connectivity index (χ3v) is 13.5. The van der Waals surface area contributed by atoms with Crippen LogP contribution in [-0.4, -0.2) is 123 Å². The fourth-order valence-electron chi connectivity index (χ4n) is 10.1. The van der Waals surface area contributed by atoms with E-state index in [1.807, 2.05) is 0 Å². The number of Topliss-reactive ketones (excluding diaryl/α,β-unsaturated/α-hetero) is 1. The van der Waals surface area contributed by atoms with Crippen molar-refractivity contribution in [2.75, 3.05) is 19.7 Å². The van der Waals surface area contributed by atoms with Crippen molar-refractivity contribution in [1.29, 1.82) is 0 Å². The Hall–Kier alpha value is -5.16. The lowest BCUT2D eigenvalue weighted by molar-refractivity contribution is -0.346. The summed E-state index contributed by atoms with van der Waals surface area (Å²) in [5, 5.41) is 40.2. The monoisotopic (exact) mass is 848 g/mol. The lowest BCUT2D eigenvalue weighted by Crippen LogP contribution is -2.82. The number of amides is 2. The molecular weight excluding hydrogens is 792 g/mol. The van der Waals surface area contributed by atoms with E-state index < -0.39 is 113 Å². The average Bonchev–Trinajstić information content (AvgIpc) is 3.21. The Morgan fingerprint density at radius 2 is 1.52 bits per heavy atom. The molecule has 2 bridgehead atoms. The molecule has 1 heterocycles. The number of carbonyl (C=O) groups is 6. The van der Waals surface area contributed by atoms with Gasteiger partial charge in [0.25, 0.3) is 0 Å². The zero-order valence-corrected chi connectivity index (χ0v) is 35.7. The third kappa shape index (κ3) is 7.61. The van der Waals surface area contributed by atoms with E-state index in [-0.39, 0.29) is 29.7 Å². The summed E-state index contributed by atoms with van der Waals surface area (Å²) in [6.07, 6.45) is -10.4. The van der Waals surface area contributed by atoms with E-state index in [9.17, 15) is 39.3 Å². The van der Waals surface area contributed by atoms with Crippen molar-refractivity contribution in [3.63, 3.8) is 0 Å². The first-order valence-electron chi connectivity index (χ1n) is 20.6. The smallest absolute Gasteiger partial charge is 0.338 e. The Labute approximate surface area is 354 Å². The number of esters is 4. The molecule has 16 heteroatoms. The standard InChI is InChI=1S/C45H56N2O14/c1-9-47(10-2)41(55)46-33(27-17-13-11-14-18-27)34(51)40(54)59-29-22-45(56)38(60-39(53)28-19-15-12-16-20-28)36-43(8,30(50)21-31-44(36,23-57-31)61-26(5)49)37(52)35(58-25(4)48)32(24(29)3)42(45,6)7/h11-20,29-31,33-36,38,50-51,56H,9-10,21-23H2,1-8H3,(H,46,55)/t29?,30?,31?,33?,34?,35?,36?,38?,43-,44+,45?/m1/s1. The Morgan fingerprint density at radius 1 is 0.918 bits per heavy atom. The van der Waals surface area contributed by atoms with Gasteiger partial charge >= 0.3 is 29.9 Å². The second-order valence-electron chi connectivity index (χ2n) is 17.1. The Bertz CT molecular complexity index is 2070. The third-order valence-electron chi connectivity index (χ3n) is 13.5. The predicted molar refractivity (Wildman–Crippen MR) is 215 cm³/mol. The van der Waals surface area contributed by atoms with Gasteiger partial charge in [0.2, 0.25) is 0 Å². The molecule has 11 atom stereocenters. The molecule has 2 aromatic rings. The predicted octanol–water partition coefficient (Wildman–Crippen LogP) is 3.36. The minimum absolute atomic E-state index is 0.00402. The van der Waals surface area contributed by atoms with E-state index in [2.05, 4.69) is 5.32 Å². The molecule has 2 saturated carbocycles. The summed E-state index contributed by atoms with van der Waals surface area (Å²) < 4.78 is 30.3. The highest BCUT2D eigenvalue weighted by Gasteiger charge is 2.78. The van der Waals surface area contributed by atoms with Gasteiger partial charge in [-0.25, -0.2) is 14.4 Å². The van der Waals surface area contributed by atoms with Gasteiger partial charge in [0.05, 0.1) is 35.6 Å². The number of hydrogen-bond donors (Lipinski definition) is 4. The van der Waals surface area contributed by atoms with Crippen molar-refractivity contribution in [2.24, 2.45) is 16.7 Å². The molecule has 4 aliphatic rings. The molecule has 0 aromatic heterocycles. The second-order valence-corrected chi connectivity index (χ2v) is 17.1. The van der Waals surface area contributed by atoms with E-state index >= 15 is 4.79 Å². The van der Waals surface area contributed by atoms with Crippen LogP contribution in [0.2, 0.25) is 0 Å². The zero-order chi connectivity index (χ0) is 44.8. The fraction of sp³-hybridized carbons (Fsp3) is 0.556. The maximum Gasteiger partial charge on any atom is 0.338 e. The Kier molecular flexibility index (Phi) is 12.6. The van der Waals surface area contributed by atoms with Crippen molar-refractivity contribution in [1.82, 2.24) is 10.2 Å². The average molecular weight is 849 g/mol. The summed E-state index contributed by atoms with van der Waals surface area (Å²) >= 11 is 0. The summed E-state index contributed by atoms with van der Waals surface area (Å²) in [6.45, 7) is 12.2. The van der Waals surface area contributed by atoms with E-state index in [0.717, 1.165) is 13.8 Å². The van der Waals surface area contributed by atoms with Crippen LogP contribution in [0.4, 0.5) is 4.79 Å². The molecule has 9 unspecified atom stereocenters. The van der Waals surface area contributed by atoms with Crippen LogP contribution >= 0.6 is 0 Å². The number of urea groups is 1. The summed E-state index contributed by atoms with van der Waals surface area (Å²) in [5.41, 5.74) is -7.21. The van der Waals surface area contributed by atoms with Gasteiger partial charge in [0.15, 0.2) is 23.6 Å². The Morgan fingerprint density at radius 3 is 2.07 bits per heavy atom. The van der Waals surface area contributed by atoms with Gasteiger partial charge in [-0.2, -0.15) is 0 Å². The van der Waals surface area contributed by atoms with Crippen LogP contribution in [0.25, 0.3) is 0 Å². The van der Waals surface area contributed by atoms with Gasteiger partial charge in [-0.1, -0.05) is 62.4 Å². The quantitative estimate of drug-likeness (QED) is 0.145. The molecule has 16 nitrogen and oxygen atoms in total. The molecule has 6 rings (SSSR count). The molecule has 330 valence electrons. The normalized spacial score (nSPS) is 32.2. The van der Waals surface area contributed by atoms with Gasteiger partial charge < -0.3 is 49.2 Å².